The number of guanidine groups is 1. The summed E-state index contributed by atoms with van der Waals surface area (Å²) >= 11 is 0. The van der Waals surface area contributed by atoms with Crippen molar-refractivity contribution in [1.29, 1.82) is 0 Å². The number of nitrogens with one attached hydrogen (secondary N) is 1. The quantitative estimate of drug-likeness (QED) is 0.673. The lowest BCUT2D eigenvalue weighted by Gasteiger charge is -2.33. The molecule has 0 bridgehead atoms. The van der Waals surface area contributed by atoms with Gasteiger partial charge in [-0.3, -0.25) is 4.99 Å². The van der Waals surface area contributed by atoms with Crippen LogP contribution in [0, 0.1) is 11.7 Å². The summed E-state index contributed by atoms with van der Waals surface area (Å²) in [4.78, 5) is 8.72. The number of hydrogen-bond acceptors (Lipinski definition) is 3. The summed E-state index contributed by atoms with van der Waals surface area (Å²) in [5, 5.41) is 3.37. The van der Waals surface area contributed by atoms with Crippen LogP contribution in [0.25, 0.3) is 0 Å². The number of hydrogen-bond donors (Lipinski definition) is 1. The topological polar surface area (TPSA) is 40.1 Å². The molecule has 1 N–H and O–H groups in total. The third-order valence-electron chi connectivity index (χ3n) is 5.11. The van der Waals surface area contributed by atoms with Gasteiger partial charge in [0.2, 0.25) is 0 Å². The molecule has 1 aromatic rings. The summed E-state index contributed by atoms with van der Waals surface area (Å²) in [5.41, 5.74) is 1.60. The highest BCUT2D eigenvalue weighted by Crippen LogP contribution is 2.22. The van der Waals surface area contributed by atoms with Gasteiger partial charge < -0.3 is 19.9 Å². The Labute approximate surface area is 149 Å². The molecule has 5 nitrogen and oxygen atoms in total. The third kappa shape index (κ3) is 4.63. The Hall–Kier alpha value is -1.82. The van der Waals surface area contributed by atoms with E-state index in [1.807, 2.05) is 24.1 Å². The molecule has 0 spiro atoms. The molecule has 2 heterocycles. The van der Waals surface area contributed by atoms with Gasteiger partial charge in [0.15, 0.2) is 5.96 Å². The van der Waals surface area contributed by atoms with Crippen molar-refractivity contribution >= 4 is 11.6 Å². The van der Waals surface area contributed by atoms with E-state index in [9.17, 15) is 4.39 Å². The maximum atomic E-state index is 14.5. The summed E-state index contributed by atoms with van der Waals surface area (Å²) in [5.74, 6) is 1.53. The molecule has 25 heavy (non-hydrogen) atoms. The number of benzene rings is 1. The van der Waals surface area contributed by atoms with Crippen molar-refractivity contribution in [3.05, 3.63) is 29.6 Å². The van der Waals surface area contributed by atoms with Crippen molar-refractivity contribution in [2.24, 2.45) is 10.9 Å². The van der Waals surface area contributed by atoms with Gasteiger partial charge in [-0.1, -0.05) is 13.0 Å². The first kappa shape index (κ1) is 18.0. The SMILES string of the molecule is CN=C(NCc1ccc(N2CCOCC2)c(F)c1)N1CCC(C)CC1. The van der Waals surface area contributed by atoms with E-state index in [0.29, 0.717) is 25.4 Å². The Bertz CT molecular complexity index is 593. The summed E-state index contributed by atoms with van der Waals surface area (Å²) in [7, 11) is 1.81. The molecule has 0 unspecified atom stereocenters. The standard InChI is InChI=1S/C19H29FN4O/c1-15-5-7-24(8-6-15)19(21-2)22-14-16-3-4-18(17(20)13-16)23-9-11-25-12-10-23/h3-4,13,15H,5-12,14H2,1-2H3,(H,21,22). The van der Waals surface area contributed by atoms with Crippen molar-refractivity contribution in [2.75, 3.05) is 51.3 Å². The van der Waals surface area contributed by atoms with Gasteiger partial charge in [-0.25, -0.2) is 4.39 Å². The fourth-order valence-corrected chi connectivity index (χ4v) is 3.45. The maximum absolute atomic E-state index is 14.5. The minimum Gasteiger partial charge on any atom is -0.378 e. The van der Waals surface area contributed by atoms with Gasteiger partial charge in [0, 0.05) is 39.8 Å². The zero-order valence-corrected chi connectivity index (χ0v) is 15.3. The Morgan fingerprint density at radius 3 is 2.60 bits per heavy atom. The van der Waals surface area contributed by atoms with E-state index in [2.05, 4.69) is 22.1 Å². The molecule has 2 aliphatic rings. The van der Waals surface area contributed by atoms with E-state index in [-0.39, 0.29) is 5.82 Å². The van der Waals surface area contributed by atoms with Crippen LogP contribution in [0.1, 0.15) is 25.3 Å². The van der Waals surface area contributed by atoms with Crippen LogP contribution in [0.2, 0.25) is 0 Å². The Morgan fingerprint density at radius 1 is 1.24 bits per heavy atom. The molecular formula is C19H29FN4O. The molecule has 0 amide bonds. The Morgan fingerprint density at radius 2 is 1.96 bits per heavy atom. The van der Waals surface area contributed by atoms with Crippen LogP contribution >= 0.6 is 0 Å². The summed E-state index contributed by atoms with van der Waals surface area (Å²) in [6.45, 7) is 7.76. The number of anilines is 1. The average molecular weight is 348 g/mol. The van der Waals surface area contributed by atoms with Gasteiger partial charge in [0.1, 0.15) is 5.82 Å². The van der Waals surface area contributed by atoms with Crippen LogP contribution in [0.5, 0.6) is 0 Å². The second-order valence-electron chi connectivity index (χ2n) is 6.96. The number of ether oxygens (including phenoxy) is 1. The zero-order valence-electron chi connectivity index (χ0n) is 15.3. The molecule has 3 rings (SSSR count). The monoisotopic (exact) mass is 348 g/mol. The molecule has 0 atom stereocenters. The highest BCUT2D eigenvalue weighted by molar-refractivity contribution is 5.80. The number of aliphatic imine (C=N–C) groups is 1. The number of piperidine rings is 1. The minimum atomic E-state index is -0.164. The Kier molecular flexibility index (Phi) is 6.13. The van der Waals surface area contributed by atoms with Crippen LogP contribution in [-0.2, 0) is 11.3 Å². The van der Waals surface area contributed by atoms with Crippen molar-refractivity contribution < 1.29 is 9.13 Å². The van der Waals surface area contributed by atoms with Crippen LogP contribution in [-0.4, -0.2) is 57.3 Å². The second kappa shape index (κ2) is 8.52. The number of nitrogens with zero attached hydrogens (tertiary/aromatic N) is 3. The predicted molar refractivity (Wildman–Crippen MR) is 99.6 cm³/mol. The molecule has 0 radical (unpaired) electrons. The minimum absolute atomic E-state index is 0.164. The number of halogens is 1. The van der Waals surface area contributed by atoms with E-state index < -0.39 is 0 Å². The predicted octanol–water partition coefficient (Wildman–Crippen LogP) is 2.47. The molecule has 2 saturated heterocycles. The van der Waals surface area contributed by atoms with Gasteiger partial charge >= 0.3 is 0 Å². The van der Waals surface area contributed by atoms with Gasteiger partial charge in [-0.15, -0.1) is 0 Å². The molecule has 2 fully saturated rings. The van der Waals surface area contributed by atoms with Crippen molar-refractivity contribution in [3.63, 3.8) is 0 Å². The highest BCUT2D eigenvalue weighted by Gasteiger charge is 2.19. The lowest BCUT2D eigenvalue weighted by atomic mass is 9.99. The van der Waals surface area contributed by atoms with Gasteiger partial charge in [-0.05, 0) is 36.5 Å². The second-order valence-corrected chi connectivity index (χ2v) is 6.96. The first-order valence-electron chi connectivity index (χ1n) is 9.24. The molecular weight excluding hydrogens is 319 g/mol. The summed E-state index contributed by atoms with van der Waals surface area (Å²) < 4.78 is 19.8. The summed E-state index contributed by atoms with van der Waals surface area (Å²) in [6, 6.07) is 5.50. The van der Waals surface area contributed by atoms with Gasteiger partial charge in [0.05, 0.1) is 18.9 Å². The highest BCUT2D eigenvalue weighted by atomic mass is 19.1. The molecule has 1 aromatic carbocycles. The van der Waals surface area contributed by atoms with Crippen LogP contribution < -0.4 is 10.2 Å². The maximum Gasteiger partial charge on any atom is 0.193 e. The molecule has 138 valence electrons. The van der Waals surface area contributed by atoms with E-state index in [1.165, 1.54) is 12.8 Å². The fourth-order valence-electron chi connectivity index (χ4n) is 3.45. The first-order chi connectivity index (χ1) is 12.2. The molecule has 0 aromatic heterocycles. The van der Waals surface area contributed by atoms with Crippen LogP contribution in [0.3, 0.4) is 0 Å². The number of rotatable bonds is 3. The average Bonchev–Trinajstić information content (AvgIpc) is 2.64. The molecule has 2 aliphatic heterocycles. The van der Waals surface area contributed by atoms with E-state index in [1.54, 1.807) is 6.07 Å². The molecule has 0 saturated carbocycles. The first-order valence-corrected chi connectivity index (χ1v) is 9.24. The fraction of sp³-hybridized carbons (Fsp3) is 0.632. The van der Waals surface area contributed by atoms with Crippen LogP contribution in [0.15, 0.2) is 23.2 Å². The van der Waals surface area contributed by atoms with Gasteiger partial charge in [0.25, 0.3) is 0 Å². The third-order valence-corrected chi connectivity index (χ3v) is 5.11. The van der Waals surface area contributed by atoms with E-state index >= 15 is 0 Å². The Balaban J connectivity index is 1.58. The van der Waals surface area contributed by atoms with Crippen molar-refractivity contribution in [1.82, 2.24) is 10.2 Å². The lowest BCUT2D eigenvalue weighted by molar-refractivity contribution is 0.122. The normalized spacial score (nSPS) is 20.0. The molecule has 0 aliphatic carbocycles. The van der Waals surface area contributed by atoms with Crippen LogP contribution in [0.4, 0.5) is 10.1 Å². The number of likely N-dealkylation sites (tertiary alicyclic amines) is 1. The van der Waals surface area contributed by atoms with E-state index in [0.717, 1.165) is 43.6 Å². The number of morpholine rings is 1. The zero-order chi connectivity index (χ0) is 17.6. The van der Waals surface area contributed by atoms with E-state index in [4.69, 9.17) is 4.74 Å². The summed E-state index contributed by atoms with van der Waals surface area (Å²) in [6.07, 6.45) is 2.40. The largest absolute Gasteiger partial charge is 0.378 e. The van der Waals surface area contributed by atoms with Crippen molar-refractivity contribution in [2.45, 2.75) is 26.3 Å². The molecule has 6 heteroatoms. The smallest absolute Gasteiger partial charge is 0.193 e. The van der Waals surface area contributed by atoms with Gasteiger partial charge in [-0.2, -0.15) is 0 Å². The van der Waals surface area contributed by atoms with Crippen molar-refractivity contribution in [3.8, 4) is 0 Å². The lowest BCUT2D eigenvalue weighted by Crippen LogP contribution is -2.45.